The number of Topliss-reactive ketones (excluding diaryl/α,β-unsaturated/α-hetero) is 1. The summed E-state index contributed by atoms with van der Waals surface area (Å²) in [5.41, 5.74) is 1.51. The van der Waals surface area contributed by atoms with Gasteiger partial charge in [-0.05, 0) is 53.8 Å². The van der Waals surface area contributed by atoms with Crippen LogP contribution < -0.4 is 4.31 Å². The van der Waals surface area contributed by atoms with Gasteiger partial charge in [0, 0.05) is 39.8 Å². The Balaban J connectivity index is 1.79. The fraction of sp³-hybridized carbons (Fsp3) is 0.115. The molecule has 0 aliphatic rings. The van der Waals surface area contributed by atoms with Crippen molar-refractivity contribution in [2.45, 2.75) is 17.7 Å². The highest BCUT2D eigenvalue weighted by molar-refractivity contribution is 7.92. The van der Waals surface area contributed by atoms with Gasteiger partial charge < -0.3 is 5.11 Å². The predicted molar refractivity (Wildman–Crippen MR) is 139 cm³/mol. The number of nitrogens with zero attached hydrogens (tertiary/aromatic N) is 2. The molecule has 36 heavy (non-hydrogen) atoms. The first-order valence-corrected chi connectivity index (χ1v) is 13.0. The summed E-state index contributed by atoms with van der Waals surface area (Å²) in [5, 5.41) is 10.7. The summed E-state index contributed by atoms with van der Waals surface area (Å²) in [7, 11) is -4.37. The summed E-state index contributed by atoms with van der Waals surface area (Å²) < 4.78 is 27.9. The number of halogens is 2. The zero-order chi connectivity index (χ0) is 25.9. The van der Waals surface area contributed by atoms with E-state index in [1.54, 1.807) is 42.7 Å². The van der Waals surface area contributed by atoms with Gasteiger partial charge in [-0.2, -0.15) is 0 Å². The van der Waals surface area contributed by atoms with Crippen LogP contribution in [-0.2, 0) is 21.2 Å². The molecule has 1 aromatic heterocycles. The van der Waals surface area contributed by atoms with E-state index in [1.165, 1.54) is 24.3 Å². The number of pyridine rings is 1. The molecule has 0 atom stereocenters. The van der Waals surface area contributed by atoms with Crippen molar-refractivity contribution in [1.82, 2.24) is 4.98 Å². The number of fused-ring (bicyclic) bond motifs is 1. The molecule has 4 rings (SSSR count). The van der Waals surface area contributed by atoms with Gasteiger partial charge in [0.05, 0.1) is 10.6 Å². The predicted octanol–water partition coefficient (Wildman–Crippen LogP) is 5.64. The van der Waals surface area contributed by atoms with Crippen molar-refractivity contribution in [1.29, 1.82) is 0 Å². The molecule has 0 aliphatic carbocycles. The first kappa shape index (κ1) is 25.6. The number of benzene rings is 3. The van der Waals surface area contributed by atoms with Crippen molar-refractivity contribution in [3.8, 4) is 0 Å². The van der Waals surface area contributed by atoms with E-state index in [0.29, 0.717) is 22.8 Å². The molecular weight excluding hydrogens is 523 g/mol. The highest BCUT2D eigenvalue weighted by Gasteiger charge is 2.29. The number of carbonyl (C=O) groups excluding carboxylic acids is 1. The lowest BCUT2D eigenvalue weighted by Gasteiger charge is -2.25. The van der Waals surface area contributed by atoms with Crippen LogP contribution >= 0.6 is 23.2 Å². The largest absolute Gasteiger partial charge is 0.480 e. The first-order chi connectivity index (χ1) is 17.2. The highest BCUT2D eigenvalue weighted by atomic mass is 35.5. The van der Waals surface area contributed by atoms with Crippen molar-refractivity contribution < 1.29 is 23.1 Å². The normalized spacial score (nSPS) is 11.4. The molecule has 7 nitrogen and oxygen atoms in total. The molecule has 0 saturated heterocycles. The zero-order valence-electron chi connectivity index (χ0n) is 18.8. The third-order valence-electron chi connectivity index (χ3n) is 5.56. The minimum atomic E-state index is -4.37. The molecule has 1 N–H and O–H groups in total. The summed E-state index contributed by atoms with van der Waals surface area (Å²) in [6.45, 7) is -0.841. The van der Waals surface area contributed by atoms with Gasteiger partial charge in [-0.1, -0.05) is 53.5 Å². The van der Waals surface area contributed by atoms with Crippen molar-refractivity contribution in [3.05, 3.63) is 100 Å². The summed E-state index contributed by atoms with van der Waals surface area (Å²) in [6.07, 6.45) is 4.08. The Labute approximate surface area is 218 Å². The Morgan fingerprint density at radius 2 is 1.53 bits per heavy atom. The number of ketones is 1. The van der Waals surface area contributed by atoms with E-state index in [1.807, 2.05) is 12.1 Å². The standard InChI is InChI=1S/C26H20Cl2N2O5S/c27-18-13-19(28)15-20(14-18)36(34,35)30(16-26(32)33)24-6-2-3-21-22(24)4-1-5-23(21)25(31)8-7-17-9-11-29-12-10-17/h1-6,9-15H,7-8,16H2,(H,32,33). The highest BCUT2D eigenvalue weighted by Crippen LogP contribution is 2.34. The van der Waals surface area contributed by atoms with Crippen molar-refractivity contribution in [3.63, 3.8) is 0 Å². The van der Waals surface area contributed by atoms with Gasteiger partial charge >= 0.3 is 5.97 Å². The first-order valence-electron chi connectivity index (χ1n) is 10.8. The zero-order valence-corrected chi connectivity index (χ0v) is 21.1. The molecule has 0 fully saturated rings. The van der Waals surface area contributed by atoms with E-state index < -0.39 is 22.5 Å². The molecular formula is C26H20Cl2N2O5S. The second-order valence-corrected chi connectivity index (χ2v) is 10.7. The molecule has 10 heteroatoms. The summed E-state index contributed by atoms with van der Waals surface area (Å²) >= 11 is 12.0. The van der Waals surface area contributed by atoms with Crippen LogP contribution in [0.15, 0.2) is 84.0 Å². The van der Waals surface area contributed by atoms with Gasteiger partial charge in [-0.15, -0.1) is 0 Å². The van der Waals surface area contributed by atoms with Gasteiger partial charge in [0.2, 0.25) is 0 Å². The third kappa shape index (κ3) is 5.51. The number of rotatable bonds is 9. The molecule has 0 radical (unpaired) electrons. The number of aryl methyl sites for hydroxylation is 1. The van der Waals surface area contributed by atoms with Gasteiger partial charge in [-0.25, -0.2) is 8.42 Å². The maximum atomic E-state index is 13.6. The number of sulfonamides is 1. The van der Waals surface area contributed by atoms with E-state index in [0.717, 1.165) is 9.87 Å². The van der Waals surface area contributed by atoms with Gasteiger partial charge in [-0.3, -0.25) is 18.9 Å². The molecule has 0 saturated carbocycles. The van der Waals surface area contributed by atoms with Crippen LogP contribution in [0, 0.1) is 0 Å². The topological polar surface area (TPSA) is 105 Å². The van der Waals surface area contributed by atoms with Crippen LogP contribution in [-0.4, -0.2) is 36.8 Å². The molecule has 3 aromatic carbocycles. The number of hydrogen-bond acceptors (Lipinski definition) is 5. The van der Waals surface area contributed by atoms with Gasteiger partial charge in [0.1, 0.15) is 6.54 Å². The molecule has 4 aromatic rings. The Morgan fingerprint density at radius 3 is 2.19 bits per heavy atom. The number of anilines is 1. The molecule has 0 spiro atoms. The van der Waals surface area contributed by atoms with Crippen molar-refractivity contribution in [2.24, 2.45) is 0 Å². The fourth-order valence-corrected chi connectivity index (χ4v) is 6.08. The van der Waals surface area contributed by atoms with E-state index in [2.05, 4.69) is 4.98 Å². The maximum absolute atomic E-state index is 13.6. The average Bonchev–Trinajstić information content (AvgIpc) is 2.85. The van der Waals surface area contributed by atoms with Crippen LogP contribution in [0.1, 0.15) is 22.3 Å². The number of carboxylic acids is 1. The van der Waals surface area contributed by atoms with Crippen LogP contribution in [0.3, 0.4) is 0 Å². The number of hydrogen-bond donors (Lipinski definition) is 1. The Kier molecular flexibility index (Phi) is 7.59. The maximum Gasteiger partial charge on any atom is 0.324 e. The van der Waals surface area contributed by atoms with Crippen molar-refractivity contribution >= 4 is 61.4 Å². The molecule has 0 amide bonds. The molecule has 0 aliphatic heterocycles. The van der Waals surface area contributed by atoms with E-state index in [9.17, 15) is 23.1 Å². The van der Waals surface area contributed by atoms with Crippen LogP contribution in [0.25, 0.3) is 10.8 Å². The third-order valence-corrected chi connectivity index (χ3v) is 7.74. The Hall–Kier alpha value is -3.46. The number of aliphatic carboxylic acids is 1. The van der Waals surface area contributed by atoms with E-state index in [-0.39, 0.29) is 32.8 Å². The number of aromatic nitrogens is 1. The minimum absolute atomic E-state index is 0.0938. The van der Waals surface area contributed by atoms with Crippen molar-refractivity contribution in [2.75, 3.05) is 10.8 Å². The van der Waals surface area contributed by atoms with Crippen LogP contribution in [0.4, 0.5) is 5.69 Å². The quantitative estimate of drug-likeness (QED) is 0.274. The lowest BCUT2D eigenvalue weighted by molar-refractivity contribution is -0.135. The number of carbonyl (C=O) groups is 2. The molecule has 0 bridgehead atoms. The second kappa shape index (κ2) is 10.7. The molecule has 0 unspecified atom stereocenters. The lowest BCUT2D eigenvalue weighted by atomic mass is 9.97. The fourth-order valence-electron chi connectivity index (χ4n) is 3.92. The number of carboxylic acid groups (broad SMARTS) is 1. The average molecular weight is 543 g/mol. The Morgan fingerprint density at radius 1 is 0.889 bits per heavy atom. The van der Waals surface area contributed by atoms with Crippen LogP contribution in [0.5, 0.6) is 0 Å². The minimum Gasteiger partial charge on any atom is -0.480 e. The monoisotopic (exact) mass is 542 g/mol. The van der Waals surface area contributed by atoms with Crippen LogP contribution in [0.2, 0.25) is 10.0 Å². The van der Waals surface area contributed by atoms with E-state index in [4.69, 9.17) is 23.2 Å². The Bertz CT molecular complexity index is 1540. The molecule has 1 heterocycles. The summed E-state index contributed by atoms with van der Waals surface area (Å²) in [4.78, 5) is 28.5. The molecule has 184 valence electrons. The second-order valence-electron chi connectivity index (χ2n) is 7.97. The SMILES string of the molecule is O=C(O)CN(c1cccc2c(C(=O)CCc3ccncc3)cccc12)S(=O)(=O)c1cc(Cl)cc(Cl)c1. The van der Waals surface area contributed by atoms with E-state index >= 15 is 0 Å². The van der Waals surface area contributed by atoms with Gasteiger partial charge in [0.15, 0.2) is 5.78 Å². The smallest absolute Gasteiger partial charge is 0.324 e. The summed E-state index contributed by atoms with van der Waals surface area (Å²) in [6, 6.07) is 17.2. The summed E-state index contributed by atoms with van der Waals surface area (Å²) in [5.74, 6) is -1.47. The van der Waals surface area contributed by atoms with Gasteiger partial charge in [0.25, 0.3) is 10.0 Å². The lowest BCUT2D eigenvalue weighted by Crippen LogP contribution is -2.36.